The Bertz CT molecular complexity index is 608. The molecule has 1 aliphatic heterocycles. The lowest BCUT2D eigenvalue weighted by Crippen LogP contribution is -2.57. The van der Waals surface area contributed by atoms with E-state index in [2.05, 4.69) is 43.4 Å². The lowest BCUT2D eigenvalue weighted by molar-refractivity contribution is -0.137. The molecule has 3 rings (SSSR count). The third-order valence-corrected chi connectivity index (χ3v) is 5.50. The van der Waals surface area contributed by atoms with Crippen molar-refractivity contribution < 1.29 is 9.59 Å². The van der Waals surface area contributed by atoms with Crippen molar-refractivity contribution in [3.63, 3.8) is 0 Å². The maximum atomic E-state index is 12.6. The Kier molecular flexibility index (Phi) is 5.61. The number of urea groups is 1. The van der Waals surface area contributed by atoms with Crippen LogP contribution in [0.3, 0.4) is 0 Å². The standard InChI is InChI=1S/C20H29N3O2/c1-3-18(16-10-8-15(2)9-11-16)21-20(25)22-12-13-23(19(24)14-22)17-6-4-5-7-17/h8-11,17-18H,3-7,12-14H2,1-2H3,(H,21,25)/t18-/m0/s1. The van der Waals surface area contributed by atoms with Gasteiger partial charge in [0.05, 0.1) is 6.04 Å². The molecule has 2 fully saturated rings. The van der Waals surface area contributed by atoms with E-state index in [0.29, 0.717) is 19.1 Å². The predicted molar refractivity (Wildman–Crippen MR) is 98.3 cm³/mol. The van der Waals surface area contributed by atoms with Gasteiger partial charge in [0, 0.05) is 19.1 Å². The number of hydrogen-bond acceptors (Lipinski definition) is 2. The molecule has 25 heavy (non-hydrogen) atoms. The molecule has 0 radical (unpaired) electrons. The quantitative estimate of drug-likeness (QED) is 0.912. The van der Waals surface area contributed by atoms with Crippen molar-refractivity contribution in [2.24, 2.45) is 0 Å². The smallest absolute Gasteiger partial charge is 0.318 e. The van der Waals surface area contributed by atoms with E-state index in [4.69, 9.17) is 0 Å². The molecule has 1 saturated carbocycles. The van der Waals surface area contributed by atoms with Gasteiger partial charge in [-0.15, -0.1) is 0 Å². The number of nitrogens with zero attached hydrogens (tertiary/aromatic N) is 2. The molecule has 5 nitrogen and oxygen atoms in total. The van der Waals surface area contributed by atoms with Crippen LogP contribution in [-0.4, -0.2) is 47.4 Å². The van der Waals surface area contributed by atoms with Crippen molar-refractivity contribution in [1.29, 1.82) is 0 Å². The highest BCUT2D eigenvalue weighted by atomic mass is 16.2. The maximum absolute atomic E-state index is 12.6. The normalized spacial score (nSPS) is 20.0. The van der Waals surface area contributed by atoms with Gasteiger partial charge < -0.3 is 15.1 Å². The van der Waals surface area contributed by atoms with Crippen LogP contribution in [0.4, 0.5) is 4.79 Å². The van der Waals surface area contributed by atoms with E-state index in [9.17, 15) is 9.59 Å². The van der Waals surface area contributed by atoms with Crippen LogP contribution in [0.15, 0.2) is 24.3 Å². The van der Waals surface area contributed by atoms with Crippen molar-refractivity contribution in [2.45, 2.75) is 58.0 Å². The molecule has 1 aromatic carbocycles. The second kappa shape index (κ2) is 7.89. The van der Waals surface area contributed by atoms with Gasteiger partial charge >= 0.3 is 6.03 Å². The zero-order valence-corrected chi connectivity index (χ0v) is 15.3. The number of rotatable bonds is 4. The number of piperazine rings is 1. The molecular weight excluding hydrogens is 314 g/mol. The Hall–Kier alpha value is -2.04. The Morgan fingerprint density at radius 1 is 1.20 bits per heavy atom. The van der Waals surface area contributed by atoms with Crippen molar-refractivity contribution in [3.8, 4) is 0 Å². The van der Waals surface area contributed by atoms with E-state index in [1.54, 1.807) is 4.90 Å². The third-order valence-electron chi connectivity index (χ3n) is 5.50. The van der Waals surface area contributed by atoms with Crippen molar-refractivity contribution in [3.05, 3.63) is 35.4 Å². The van der Waals surface area contributed by atoms with Crippen LogP contribution in [0.2, 0.25) is 0 Å². The molecule has 136 valence electrons. The molecule has 1 aromatic rings. The highest BCUT2D eigenvalue weighted by molar-refractivity contribution is 5.85. The number of aryl methyl sites for hydroxylation is 1. The predicted octanol–water partition coefficient (Wildman–Crippen LogP) is 3.24. The minimum atomic E-state index is -0.133. The number of carbonyl (C=O) groups excluding carboxylic acids is 2. The number of nitrogens with one attached hydrogen (secondary N) is 1. The average Bonchev–Trinajstić information content (AvgIpc) is 3.14. The Balaban J connectivity index is 1.57. The van der Waals surface area contributed by atoms with Crippen molar-refractivity contribution >= 4 is 11.9 Å². The van der Waals surface area contributed by atoms with E-state index in [1.165, 1.54) is 18.4 Å². The van der Waals surface area contributed by atoms with Crippen LogP contribution in [0.1, 0.15) is 56.2 Å². The monoisotopic (exact) mass is 343 g/mol. The zero-order valence-electron chi connectivity index (χ0n) is 15.3. The summed E-state index contributed by atoms with van der Waals surface area (Å²) >= 11 is 0. The van der Waals surface area contributed by atoms with Crippen LogP contribution >= 0.6 is 0 Å². The number of benzene rings is 1. The highest BCUT2D eigenvalue weighted by Gasteiger charge is 2.33. The van der Waals surface area contributed by atoms with Crippen molar-refractivity contribution in [1.82, 2.24) is 15.1 Å². The SMILES string of the molecule is CC[C@H](NC(=O)N1CCN(C2CCCC2)C(=O)C1)c1ccc(C)cc1. The van der Waals surface area contributed by atoms with Crippen LogP contribution in [0.5, 0.6) is 0 Å². The van der Waals surface area contributed by atoms with Crippen LogP contribution in [0, 0.1) is 6.92 Å². The summed E-state index contributed by atoms with van der Waals surface area (Å²) in [5.41, 5.74) is 2.32. The first-order valence-electron chi connectivity index (χ1n) is 9.50. The van der Waals surface area contributed by atoms with Gasteiger partial charge in [0.1, 0.15) is 6.54 Å². The molecular formula is C20H29N3O2. The molecule has 1 heterocycles. The molecule has 1 aliphatic carbocycles. The fourth-order valence-electron chi connectivity index (χ4n) is 3.92. The fourth-order valence-corrected chi connectivity index (χ4v) is 3.92. The molecule has 0 aromatic heterocycles. The second-order valence-corrected chi connectivity index (χ2v) is 7.27. The van der Waals surface area contributed by atoms with E-state index in [0.717, 1.165) is 24.8 Å². The highest BCUT2D eigenvalue weighted by Crippen LogP contribution is 2.25. The average molecular weight is 343 g/mol. The number of amides is 3. The van der Waals surface area contributed by atoms with Gasteiger partial charge in [0.25, 0.3) is 0 Å². The lowest BCUT2D eigenvalue weighted by Gasteiger charge is -2.38. The molecule has 1 atom stereocenters. The maximum Gasteiger partial charge on any atom is 0.318 e. The lowest BCUT2D eigenvalue weighted by atomic mass is 10.0. The van der Waals surface area contributed by atoms with E-state index >= 15 is 0 Å². The summed E-state index contributed by atoms with van der Waals surface area (Å²) in [7, 11) is 0. The minimum absolute atomic E-state index is 0.0175. The van der Waals surface area contributed by atoms with E-state index in [1.807, 2.05) is 4.90 Å². The first kappa shape index (κ1) is 17.8. The molecule has 5 heteroatoms. The molecule has 0 bridgehead atoms. The number of hydrogen-bond donors (Lipinski definition) is 1. The number of carbonyl (C=O) groups is 2. The van der Waals surface area contributed by atoms with Gasteiger partial charge in [0.2, 0.25) is 5.91 Å². The molecule has 3 amide bonds. The van der Waals surface area contributed by atoms with Crippen LogP contribution in [-0.2, 0) is 4.79 Å². The van der Waals surface area contributed by atoms with Crippen LogP contribution in [0.25, 0.3) is 0 Å². The van der Waals surface area contributed by atoms with Crippen LogP contribution < -0.4 is 5.32 Å². The van der Waals surface area contributed by atoms with Crippen molar-refractivity contribution in [2.75, 3.05) is 19.6 Å². The largest absolute Gasteiger partial charge is 0.336 e. The summed E-state index contributed by atoms with van der Waals surface area (Å²) in [5, 5.41) is 3.09. The topological polar surface area (TPSA) is 52.7 Å². The Morgan fingerprint density at radius 3 is 2.48 bits per heavy atom. The molecule has 1 N–H and O–H groups in total. The van der Waals surface area contributed by atoms with Gasteiger partial charge in [-0.25, -0.2) is 4.79 Å². The summed E-state index contributed by atoms with van der Waals surface area (Å²) in [6, 6.07) is 8.50. The Morgan fingerprint density at radius 2 is 1.88 bits per heavy atom. The first-order valence-corrected chi connectivity index (χ1v) is 9.50. The van der Waals surface area contributed by atoms with Gasteiger partial charge in [-0.05, 0) is 31.7 Å². The molecule has 1 saturated heterocycles. The van der Waals surface area contributed by atoms with E-state index in [-0.39, 0.29) is 24.5 Å². The fraction of sp³-hybridized carbons (Fsp3) is 0.600. The first-order chi connectivity index (χ1) is 12.1. The minimum Gasteiger partial charge on any atom is -0.336 e. The summed E-state index contributed by atoms with van der Waals surface area (Å²) in [5.74, 6) is 0.0942. The molecule has 2 aliphatic rings. The zero-order chi connectivity index (χ0) is 17.8. The summed E-state index contributed by atoms with van der Waals surface area (Å²) in [6.45, 7) is 5.61. The Labute approximate surface area is 150 Å². The van der Waals surface area contributed by atoms with Gasteiger partial charge in [-0.2, -0.15) is 0 Å². The summed E-state index contributed by atoms with van der Waals surface area (Å²) in [6.07, 6.45) is 5.48. The van der Waals surface area contributed by atoms with Gasteiger partial charge in [-0.1, -0.05) is 49.6 Å². The second-order valence-electron chi connectivity index (χ2n) is 7.27. The van der Waals surface area contributed by atoms with E-state index < -0.39 is 0 Å². The van der Waals surface area contributed by atoms with Gasteiger partial charge in [0.15, 0.2) is 0 Å². The summed E-state index contributed by atoms with van der Waals surface area (Å²) in [4.78, 5) is 28.7. The third kappa shape index (κ3) is 4.14. The molecule has 0 unspecified atom stereocenters. The molecule has 0 spiro atoms. The summed E-state index contributed by atoms with van der Waals surface area (Å²) < 4.78 is 0. The van der Waals surface area contributed by atoms with Gasteiger partial charge in [-0.3, -0.25) is 4.79 Å².